The Labute approximate surface area is 127 Å². The van der Waals surface area contributed by atoms with Crippen LogP contribution in [0.1, 0.15) is 32.1 Å². The van der Waals surface area contributed by atoms with Gasteiger partial charge < -0.3 is 9.88 Å². The molecule has 1 aliphatic rings. The molecule has 0 spiro atoms. The monoisotopic (exact) mass is 302 g/mol. The highest BCUT2D eigenvalue weighted by atomic mass is 19.1. The van der Waals surface area contributed by atoms with E-state index in [0.29, 0.717) is 10.9 Å². The van der Waals surface area contributed by atoms with Gasteiger partial charge in [0.15, 0.2) is 5.43 Å². The SMILES string of the molecule is O=C(Cn1ccc(=O)c2cc(F)ccc21)NC1CCCCC1. The van der Waals surface area contributed by atoms with E-state index < -0.39 is 5.82 Å². The van der Waals surface area contributed by atoms with Gasteiger partial charge in [0.1, 0.15) is 12.4 Å². The minimum Gasteiger partial charge on any atom is -0.352 e. The zero-order chi connectivity index (χ0) is 15.5. The van der Waals surface area contributed by atoms with Crippen molar-refractivity contribution >= 4 is 16.8 Å². The van der Waals surface area contributed by atoms with E-state index in [0.717, 1.165) is 25.7 Å². The van der Waals surface area contributed by atoms with E-state index >= 15 is 0 Å². The molecule has 0 atom stereocenters. The Kier molecular flexibility index (Phi) is 4.22. The van der Waals surface area contributed by atoms with Crippen molar-refractivity contribution in [2.45, 2.75) is 44.7 Å². The van der Waals surface area contributed by atoms with Gasteiger partial charge in [-0.2, -0.15) is 0 Å². The normalized spacial score (nSPS) is 15.9. The lowest BCUT2D eigenvalue weighted by atomic mass is 9.95. The van der Waals surface area contributed by atoms with Crippen LogP contribution >= 0.6 is 0 Å². The molecule has 0 saturated heterocycles. The second-order valence-corrected chi connectivity index (χ2v) is 5.87. The predicted octanol–water partition coefficient (Wildman–Crippen LogP) is 2.59. The molecular weight excluding hydrogens is 283 g/mol. The molecule has 116 valence electrons. The van der Waals surface area contributed by atoms with Gasteiger partial charge >= 0.3 is 0 Å². The van der Waals surface area contributed by atoms with Gasteiger partial charge in [0.25, 0.3) is 0 Å². The van der Waals surface area contributed by atoms with E-state index in [1.807, 2.05) is 0 Å². The standard InChI is InChI=1S/C17H19FN2O2/c18-12-6-7-15-14(10-12)16(21)8-9-20(15)11-17(22)19-13-4-2-1-3-5-13/h6-10,13H,1-5,11H2,(H,19,22). The Balaban J connectivity index is 1.80. The van der Waals surface area contributed by atoms with Gasteiger partial charge in [-0.05, 0) is 31.0 Å². The quantitative estimate of drug-likeness (QED) is 0.947. The second-order valence-electron chi connectivity index (χ2n) is 5.87. The molecular formula is C17H19FN2O2. The minimum absolute atomic E-state index is 0.0684. The van der Waals surface area contributed by atoms with Crippen molar-refractivity contribution < 1.29 is 9.18 Å². The van der Waals surface area contributed by atoms with Gasteiger partial charge in [-0.15, -0.1) is 0 Å². The minimum atomic E-state index is -0.450. The van der Waals surface area contributed by atoms with Crippen molar-refractivity contribution in [1.82, 2.24) is 9.88 Å². The fraction of sp³-hybridized carbons (Fsp3) is 0.412. The van der Waals surface area contributed by atoms with Crippen LogP contribution in [0.15, 0.2) is 35.3 Å². The maximum Gasteiger partial charge on any atom is 0.240 e. The molecule has 1 saturated carbocycles. The Bertz CT molecular complexity index is 748. The van der Waals surface area contributed by atoms with Crippen LogP contribution in [0, 0.1) is 5.82 Å². The smallest absolute Gasteiger partial charge is 0.240 e. The highest BCUT2D eigenvalue weighted by Gasteiger charge is 2.16. The lowest BCUT2D eigenvalue weighted by molar-refractivity contribution is -0.122. The van der Waals surface area contributed by atoms with Crippen molar-refractivity contribution in [3.05, 3.63) is 46.5 Å². The summed E-state index contributed by atoms with van der Waals surface area (Å²) in [5.74, 6) is -0.518. The summed E-state index contributed by atoms with van der Waals surface area (Å²) >= 11 is 0. The Morgan fingerprint density at radius 3 is 2.77 bits per heavy atom. The zero-order valence-electron chi connectivity index (χ0n) is 12.3. The highest BCUT2D eigenvalue weighted by Crippen LogP contribution is 2.17. The van der Waals surface area contributed by atoms with Gasteiger partial charge in [-0.25, -0.2) is 4.39 Å². The third-order valence-electron chi connectivity index (χ3n) is 4.22. The molecule has 1 aliphatic carbocycles. The number of pyridine rings is 1. The fourth-order valence-corrected chi connectivity index (χ4v) is 3.10. The molecule has 0 bridgehead atoms. The third-order valence-corrected chi connectivity index (χ3v) is 4.22. The maximum absolute atomic E-state index is 13.3. The summed E-state index contributed by atoms with van der Waals surface area (Å²) in [6.07, 6.45) is 7.20. The molecule has 2 aromatic rings. The number of halogens is 1. The number of carbonyl (C=O) groups excluding carboxylic acids is 1. The van der Waals surface area contributed by atoms with Crippen molar-refractivity contribution in [1.29, 1.82) is 0 Å². The Morgan fingerprint density at radius 1 is 1.23 bits per heavy atom. The van der Waals surface area contributed by atoms with E-state index in [2.05, 4.69) is 5.32 Å². The Morgan fingerprint density at radius 2 is 2.00 bits per heavy atom. The third kappa shape index (κ3) is 3.18. The molecule has 1 amide bonds. The molecule has 0 aliphatic heterocycles. The number of hydrogen-bond acceptors (Lipinski definition) is 2. The van der Waals surface area contributed by atoms with Crippen molar-refractivity contribution in [3.63, 3.8) is 0 Å². The molecule has 1 aromatic carbocycles. The van der Waals surface area contributed by atoms with Gasteiger partial charge in [-0.3, -0.25) is 9.59 Å². The number of benzene rings is 1. The lowest BCUT2D eigenvalue weighted by Crippen LogP contribution is -2.38. The highest BCUT2D eigenvalue weighted by molar-refractivity contribution is 5.82. The van der Waals surface area contributed by atoms with Crippen LogP contribution in [0.2, 0.25) is 0 Å². The van der Waals surface area contributed by atoms with Crippen molar-refractivity contribution in [3.8, 4) is 0 Å². The average Bonchev–Trinajstić information content (AvgIpc) is 2.51. The summed E-state index contributed by atoms with van der Waals surface area (Å²) in [7, 11) is 0. The predicted molar refractivity (Wildman–Crippen MR) is 83.2 cm³/mol. The molecule has 0 unspecified atom stereocenters. The van der Waals surface area contributed by atoms with E-state index in [4.69, 9.17) is 0 Å². The lowest BCUT2D eigenvalue weighted by Gasteiger charge is -2.23. The topological polar surface area (TPSA) is 51.1 Å². The first-order valence-corrected chi connectivity index (χ1v) is 7.71. The largest absolute Gasteiger partial charge is 0.352 e. The van der Waals surface area contributed by atoms with Crippen LogP contribution in [0.5, 0.6) is 0 Å². The van der Waals surface area contributed by atoms with Crippen LogP contribution in [0.25, 0.3) is 10.9 Å². The number of amides is 1. The molecule has 4 nitrogen and oxygen atoms in total. The zero-order valence-corrected chi connectivity index (χ0v) is 12.3. The van der Waals surface area contributed by atoms with Gasteiger partial charge in [0.05, 0.1) is 5.52 Å². The first kappa shape index (κ1) is 14.8. The first-order chi connectivity index (χ1) is 10.6. The van der Waals surface area contributed by atoms with E-state index in [1.54, 1.807) is 16.8 Å². The second kappa shape index (κ2) is 6.30. The van der Waals surface area contributed by atoms with Gasteiger partial charge in [0.2, 0.25) is 5.91 Å². The molecule has 1 heterocycles. The number of carbonyl (C=O) groups is 1. The van der Waals surface area contributed by atoms with E-state index in [1.165, 1.54) is 24.6 Å². The Hall–Kier alpha value is -2.17. The van der Waals surface area contributed by atoms with E-state index in [-0.39, 0.29) is 23.9 Å². The molecule has 1 N–H and O–H groups in total. The van der Waals surface area contributed by atoms with Crippen molar-refractivity contribution in [2.24, 2.45) is 0 Å². The number of hydrogen-bond donors (Lipinski definition) is 1. The van der Waals surface area contributed by atoms with Crippen LogP contribution in [0.3, 0.4) is 0 Å². The van der Waals surface area contributed by atoms with Crippen LogP contribution in [0.4, 0.5) is 4.39 Å². The fourth-order valence-electron chi connectivity index (χ4n) is 3.10. The maximum atomic E-state index is 13.3. The van der Waals surface area contributed by atoms with E-state index in [9.17, 15) is 14.0 Å². The van der Waals surface area contributed by atoms with Crippen LogP contribution in [-0.4, -0.2) is 16.5 Å². The molecule has 5 heteroatoms. The number of fused-ring (bicyclic) bond motifs is 1. The summed E-state index contributed by atoms with van der Waals surface area (Å²) in [5, 5.41) is 3.35. The number of nitrogens with one attached hydrogen (secondary N) is 1. The summed E-state index contributed by atoms with van der Waals surface area (Å²) < 4.78 is 15.0. The molecule has 22 heavy (non-hydrogen) atoms. The summed E-state index contributed by atoms with van der Waals surface area (Å²) in [5.41, 5.74) is 0.339. The number of aromatic nitrogens is 1. The first-order valence-electron chi connectivity index (χ1n) is 7.71. The van der Waals surface area contributed by atoms with Crippen molar-refractivity contribution in [2.75, 3.05) is 0 Å². The van der Waals surface area contributed by atoms with Gasteiger partial charge in [0, 0.05) is 23.7 Å². The number of rotatable bonds is 3. The van der Waals surface area contributed by atoms with Crippen LogP contribution in [-0.2, 0) is 11.3 Å². The van der Waals surface area contributed by atoms with Crippen LogP contribution < -0.4 is 10.7 Å². The summed E-state index contributed by atoms with van der Waals surface area (Å²) in [6.45, 7) is 0.138. The molecule has 1 fully saturated rings. The van der Waals surface area contributed by atoms with Gasteiger partial charge in [-0.1, -0.05) is 19.3 Å². The average molecular weight is 302 g/mol. The number of nitrogens with zero attached hydrogens (tertiary/aromatic N) is 1. The molecule has 1 aromatic heterocycles. The molecule has 3 rings (SSSR count). The molecule has 0 radical (unpaired) electrons. The summed E-state index contributed by atoms with van der Waals surface area (Å²) in [4.78, 5) is 24.0. The summed E-state index contributed by atoms with van der Waals surface area (Å²) in [6, 6.07) is 5.68.